The Morgan fingerprint density at radius 1 is 1.67 bits per heavy atom. The van der Waals surface area contributed by atoms with E-state index in [1.54, 1.807) is 0 Å². The Hall–Kier alpha value is -1.34. The van der Waals surface area contributed by atoms with Crippen molar-refractivity contribution in [2.24, 2.45) is 5.92 Å². The van der Waals surface area contributed by atoms with Gasteiger partial charge in [0, 0.05) is 12.1 Å². The molecule has 1 heterocycles. The molecule has 0 saturated heterocycles. The highest BCUT2D eigenvalue weighted by molar-refractivity contribution is 5.04. The Morgan fingerprint density at radius 2 is 2.53 bits per heavy atom. The van der Waals surface area contributed by atoms with E-state index in [-0.39, 0.29) is 5.92 Å². The normalized spacial score (nSPS) is 25.3. The zero-order chi connectivity index (χ0) is 10.7. The van der Waals surface area contributed by atoms with Gasteiger partial charge in [-0.2, -0.15) is 5.26 Å². The molecule has 0 spiro atoms. The van der Waals surface area contributed by atoms with Crippen molar-refractivity contribution >= 4 is 0 Å². The highest BCUT2D eigenvalue weighted by Gasteiger charge is 2.26. The van der Waals surface area contributed by atoms with Gasteiger partial charge in [0.2, 0.25) is 0 Å². The van der Waals surface area contributed by atoms with Crippen molar-refractivity contribution in [2.75, 3.05) is 0 Å². The number of nitrogens with one attached hydrogen (secondary N) is 1. The molecule has 1 aromatic rings. The molecule has 1 N–H and O–H groups in total. The first-order valence-corrected chi connectivity index (χ1v) is 5.35. The number of hydrogen-bond acceptors (Lipinski definition) is 4. The van der Waals surface area contributed by atoms with Crippen molar-refractivity contribution in [3.8, 4) is 6.07 Å². The van der Waals surface area contributed by atoms with Crippen molar-refractivity contribution in [2.45, 2.75) is 38.8 Å². The largest absolute Gasteiger partial charge is 0.360 e. The van der Waals surface area contributed by atoms with E-state index in [0.29, 0.717) is 12.6 Å². The van der Waals surface area contributed by atoms with Crippen LogP contribution in [0, 0.1) is 24.2 Å². The predicted molar refractivity (Wildman–Crippen MR) is 54.8 cm³/mol. The lowest BCUT2D eigenvalue weighted by molar-refractivity contribution is 0.353. The Balaban J connectivity index is 1.85. The second kappa shape index (κ2) is 4.45. The third-order valence-corrected chi connectivity index (χ3v) is 2.90. The van der Waals surface area contributed by atoms with Crippen LogP contribution in [-0.4, -0.2) is 11.2 Å². The van der Waals surface area contributed by atoms with Crippen molar-refractivity contribution in [1.82, 2.24) is 10.5 Å². The van der Waals surface area contributed by atoms with Gasteiger partial charge < -0.3 is 9.84 Å². The molecule has 1 saturated carbocycles. The highest BCUT2D eigenvalue weighted by Crippen LogP contribution is 2.25. The summed E-state index contributed by atoms with van der Waals surface area (Å²) in [5.41, 5.74) is 0.898. The fourth-order valence-electron chi connectivity index (χ4n) is 2.09. The van der Waals surface area contributed by atoms with Gasteiger partial charge in [0.05, 0.1) is 24.2 Å². The molecule has 0 radical (unpaired) electrons. The molecule has 80 valence electrons. The van der Waals surface area contributed by atoms with Gasteiger partial charge in [0.25, 0.3) is 0 Å². The number of aromatic nitrogens is 1. The first kappa shape index (κ1) is 10.2. The number of nitriles is 1. The smallest absolute Gasteiger partial charge is 0.150 e. The number of nitrogens with zero attached hydrogens (tertiary/aromatic N) is 2. The lowest BCUT2D eigenvalue weighted by Gasteiger charge is -2.13. The average Bonchev–Trinajstić information content (AvgIpc) is 2.83. The van der Waals surface area contributed by atoms with E-state index in [9.17, 15) is 0 Å². The quantitative estimate of drug-likeness (QED) is 0.816. The molecule has 1 aliphatic carbocycles. The predicted octanol–water partition coefficient (Wildman–Crippen LogP) is 1.76. The van der Waals surface area contributed by atoms with Crippen LogP contribution in [0.1, 0.15) is 30.7 Å². The summed E-state index contributed by atoms with van der Waals surface area (Å²) in [6.45, 7) is 2.57. The van der Waals surface area contributed by atoms with Crippen molar-refractivity contribution in [1.29, 1.82) is 5.26 Å². The van der Waals surface area contributed by atoms with Crippen LogP contribution < -0.4 is 5.32 Å². The maximum Gasteiger partial charge on any atom is 0.150 e. The second-order valence-electron chi connectivity index (χ2n) is 4.09. The summed E-state index contributed by atoms with van der Waals surface area (Å²) in [4.78, 5) is 0. The van der Waals surface area contributed by atoms with Gasteiger partial charge in [0.15, 0.2) is 5.76 Å². The second-order valence-corrected chi connectivity index (χ2v) is 4.09. The Bertz CT molecular complexity index is 366. The van der Waals surface area contributed by atoms with E-state index in [1.165, 1.54) is 0 Å². The average molecular weight is 205 g/mol. The summed E-state index contributed by atoms with van der Waals surface area (Å²) in [6.07, 6.45) is 3.25. The molecule has 1 fully saturated rings. The van der Waals surface area contributed by atoms with Gasteiger partial charge in [0.1, 0.15) is 0 Å². The van der Waals surface area contributed by atoms with Crippen LogP contribution in [0.2, 0.25) is 0 Å². The first-order chi connectivity index (χ1) is 7.29. The summed E-state index contributed by atoms with van der Waals surface area (Å²) in [5.74, 6) is 1.00. The van der Waals surface area contributed by atoms with Crippen LogP contribution in [0.25, 0.3) is 0 Å². The molecule has 4 nitrogen and oxygen atoms in total. The summed E-state index contributed by atoms with van der Waals surface area (Å²) in [5, 5.41) is 16.1. The van der Waals surface area contributed by atoms with Crippen LogP contribution in [-0.2, 0) is 6.54 Å². The maximum atomic E-state index is 8.91. The minimum atomic E-state index is 0.161. The van der Waals surface area contributed by atoms with Crippen molar-refractivity contribution in [3.05, 3.63) is 17.5 Å². The molecule has 15 heavy (non-hydrogen) atoms. The van der Waals surface area contributed by atoms with Gasteiger partial charge in [-0.15, -0.1) is 0 Å². The topological polar surface area (TPSA) is 61.9 Å². The lowest BCUT2D eigenvalue weighted by atomic mass is 10.1. The van der Waals surface area contributed by atoms with Gasteiger partial charge in [-0.1, -0.05) is 11.6 Å². The van der Waals surface area contributed by atoms with Crippen LogP contribution in [0.5, 0.6) is 0 Å². The Morgan fingerprint density at radius 3 is 3.20 bits per heavy atom. The van der Waals surface area contributed by atoms with Crippen LogP contribution in [0.4, 0.5) is 0 Å². The molecule has 2 unspecified atom stereocenters. The number of hydrogen-bond donors (Lipinski definition) is 1. The van der Waals surface area contributed by atoms with Gasteiger partial charge in [-0.25, -0.2) is 0 Å². The van der Waals surface area contributed by atoms with E-state index in [2.05, 4.69) is 16.5 Å². The molecule has 0 bridgehead atoms. The third-order valence-electron chi connectivity index (χ3n) is 2.90. The summed E-state index contributed by atoms with van der Waals surface area (Å²) in [7, 11) is 0. The Kier molecular flexibility index (Phi) is 3.02. The fourth-order valence-corrected chi connectivity index (χ4v) is 2.09. The minimum absolute atomic E-state index is 0.161. The van der Waals surface area contributed by atoms with Crippen LogP contribution in [0.15, 0.2) is 10.6 Å². The van der Waals surface area contributed by atoms with Crippen LogP contribution in [0.3, 0.4) is 0 Å². The molecule has 0 aromatic carbocycles. The van der Waals surface area contributed by atoms with Crippen molar-refractivity contribution < 1.29 is 4.52 Å². The molecule has 2 rings (SSSR count). The monoisotopic (exact) mass is 205 g/mol. The van der Waals surface area contributed by atoms with Crippen LogP contribution >= 0.6 is 0 Å². The molecular formula is C11H15N3O. The van der Waals surface area contributed by atoms with Gasteiger partial charge in [-0.05, 0) is 19.8 Å². The van der Waals surface area contributed by atoms with E-state index in [1.807, 2.05) is 13.0 Å². The van der Waals surface area contributed by atoms with E-state index < -0.39 is 0 Å². The third kappa shape index (κ3) is 2.37. The number of rotatable bonds is 3. The molecule has 1 aliphatic rings. The highest BCUT2D eigenvalue weighted by atomic mass is 16.5. The summed E-state index contributed by atoms with van der Waals surface area (Å²) >= 11 is 0. The molecule has 0 amide bonds. The lowest BCUT2D eigenvalue weighted by Crippen LogP contribution is -2.31. The summed E-state index contributed by atoms with van der Waals surface area (Å²) in [6, 6.07) is 4.59. The van der Waals surface area contributed by atoms with Crippen molar-refractivity contribution in [3.63, 3.8) is 0 Å². The van der Waals surface area contributed by atoms with Gasteiger partial charge in [-0.3, -0.25) is 0 Å². The fraction of sp³-hybridized carbons (Fsp3) is 0.636. The maximum absolute atomic E-state index is 8.91. The molecule has 1 aromatic heterocycles. The standard InChI is InChI=1S/C11H15N3O/c1-8-5-10(15-14-8)7-13-11-4-2-3-9(11)6-12/h5,9,11,13H,2-4,7H2,1H3. The molecular weight excluding hydrogens is 190 g/mol. The van der Waals surface area contributed by atoms with E-state index in [0.717, 1.165) is 30.7 Å². The molecule has 2 atom stereocenters. The molecule has 0 aliphatic heterocycles. The zero-order valence-corrected chi connectivity index (χ0v) is 8.86. The SMILES string of the molecule is Cc1cc(CNC2CCCC2C#N)on1. The number of aryl methyl sites for hydroxylation is 1. The van der Waals surface area contributed by atoms with E-state index in [4.69, 9.17) is 9.78 Å². The zero-order valence-electron chi connectivity index (χ0n) is 8.86. The molecule has 4 heteroatoms. The van der Waals surface area contributed by atoms with E-state index >= 15 is 0 Å². The minimum Gasteiger partial charge on any atom is -0.360 e. The first-order valence-electron chi connectivity index (χ1n) is 5.35. The Labute approximate surface area is 89.3 Å². The van der Waals surface area contributed by atoms with Gasteiger partial charge >= 0.3 is 0 Å². The summed E-state index contributed by atoms with van der Waals surface area (Å²) < 4.78 is 5.10.